The monoisotopic (exact) mass is 279 g/mol. The fourth-order valence-corrected chi connectivity index (χ4v) is 1.24. The highest BCUT2D eigenvalue weighted by molar-refractivity contribution is 9.09. The number of halogens is 2. The van der Waals surface area contributed by atoms with Crippen molar-refractivity contribution in [1.82, 2.24) is 0 Å². The van der Waals surface area contributed by atoms with Crippen molar-refractivity contribution >= 4 is 39.8 Å². The largest absolute Gasteiger partial charge is 0.293 e. The maximum absolute atomic E-state index is 11.2. The van der Waals surface area contributed by atoms with Gasteiger partial charge in [-0.1, -0.05) is 28.1 Å². The summed E-state index contributed by atoms with van der Waals surface area (Å²) in [4.78, 5) is 21.1. The van der Waals surface area contributed by atoms with Crippen molar-refractivity contribution < 1.29 is 9.72 Å². The van der Waals surface area contributed by atoms with E-state index < -0.39 is 4.92 Å². The van der Waals surface area contributed by atoms with Crippen LogP contribution in [0.2, 0.25) is 0 Å². The van der Waals surface area contributed by atoms with E-state index in [1.807, 2.05) is 0 Å². The highest BCUT2D eigenvalue weighted by Crippen LogP contribution is 2.18. The van der Waals surface area contributed by atoms with E-state index in [0.717, 1.165) is 0 Å². The minimum atomic E-state index is -0.560. The van der Waals surface area contributed by atoms with E-state index in [0.29, 0.717) is 0 Å². The summed E-state index contributed by atoms with van der Waals surface area (Å²) in [5, 5.41) is 10.6. The number of nitro groups is 1. The lowest BCUT2D eigenvalue weighted by Crippen LogP contribution is -2.04. The van der Waals surface area contributed by atoms with Gasteiger partial charge in [0.15, 0.2) is 5.78 Å². The molecule has 1 rings (SSSR count). The number of carbonyl (C=O) groups is 1. The van der Waals surface area contributed by atoms with Gasteiger partial charge in [-0.25, -0.2) is 0 Å². The number of nitrogens with zero attached hydrogens (tertiary/aromatic N) is 1. The van der Waals surface area contributed by atoms with Gasteiger partial charge in [-0.15, -0.1) is 12.4 Å². The second-order valence-corrected chi connectivity index (χ2v) is 2.89. The van der Waals surface area contributed by atoms with Crippen LogP contribution in [0.1, 0.15) is 10.4 Å². The summed E-state index contributed by atoms with van der Waals surface area (Å²) >= 11 is 2.96. The average Bonchev–Trinajstić information content (AvgIpc) is 2.16. The Bertz CT molecular complexity index is 356. The Hall–Kier alpha value is -0.940. The normalized spacial score (nSPS) is 8.93. The number of hydrogen-bond donors (Lipinski definition) is 0. The van der Waals surface area contributed by atoms with Crippen molar-refractivity contribution in [2.24, 2.45) is 0 Å². The highest BCUT2D eigenvalue weighted by atomic mass is 79.9. The first-order valence-corrected chi connectivity index (χ1v) is 4.61. The highest BCUT2D eigenvalue weighted by Gasteiger charge is 2.17. The molecule has 0 heterocycles. The molecule has 1 aromatic carbocycles. The molecule has 76 valence electrons. The summed E-state index contributed by atoms with van der Waals surface area (Å²) < 4.78 is 0. The van der Waals surface area contributed by atoms with Crippen molar-refractivity contribution in [1.29, 1.82) is 0 Å². The second kappa shape index (κ2) is 5.72. The van der Waals surface area contributed by atoms with Crippen LogP contribution >= 0.6 is 28.3 Å². The van der Waals surface area contributed by atoms with Crippen LogP contribution in [0, 0.1) is 10.1 Å². The zero-order valence-electron chi connectivity index (χ0n) is 6.97. The molecule has 0 unspecified atom stereocenters. The molecule has 4 nitrogen and oxygen atoms in total. The van der Waals surface area contributed by atoms with Crippen LogP contribution in [0.15, 0.2) is 24.3 Å². The minimum absolute atomic E-state index is 0. The van der Waals surface area contributed by atoms with Gasteiger partial charge in [-0.2, -0.15) is 0 Å². The summed E-state index contributed by atoms with van der Waals surface area (Å²) in [6, 6.07) is 5.89. The number of alkyl halides is 1. The molecule has 0 amide bonds. The van der Waals surface area contributed by atoms with Gasteiger partial charge in [0.2, 0.25) is 0 Å². The number of carbonyl (C=O) groups excluding carboxylic acids is 1. The lowest BCUT2D eigenvalue weighted by Gasteiger charge is -1.97. The number of rotatable bonds is 3. The third-order valence-corrected chi connectivity index (χ3v) is 2.03. The zero-order chi connectivity index (χ0) is 9.84. The van der Waals surface area contributed by atoms with Gasteiger partial charge in [0, 0.05) is 6.07 Å². The predicted molar refractivity (Wildman–Crippen MR) is 58.5 cm³/mol. The molecule has 0 spiro atoms. The molecule has 0 saturated heterocycles. The lowest BCUT2D eigenvalue weighted by molar-refractivity contribution is -0.385. The van der Waals surface area contributed by atoms with Crippen LogP contribution < -0.4 is 0 Å². The van der Waals surface area contributed by atoms with Crippen LogP contribution in [0.25, 0.3) is 0 Å². The molecule has 1 aromatic rings. The lowest BCUT2D eigenvalue weighted by atomic mass is 10.1. The number of nitro benzene ring substituents is 1. The van der Waals surface area contributed by atoms with Gasteiger partial charge in [0.25, 0.3) is 5.69 Å². The smallest absolute Gasteiger partial charge is 0.280 e. The first-order valence-electron chi connectivity index (χ1n) is 3.49. The topological polar surface area (TPSA) is 60.2 Å². The van der Waals surface area contributed by atoms with Crippen LogP contribution in [0.4, 0.5) is 5.69 Å². The number of ketones is 1. The van der Waals surface area contributed by atoms with Gasteiger partial charge < -0.3 is 0 Å². The van der Waals surface area contributed by atoms with Gasteiger partial charge in [-0.05, 0) is 6.07 Å². The van der Waals surface area contributed by atoms with E-state index >= 15 is 0 Å². The minimum Gasteiger partial charge on any atom is -0.293 e. The number of benzene rings is 1. The molecular formula is C8H7BrClNO3. The number of para-hydroxylation sites is 1. The summed E-state index contributed by atoms with van der Waals surface area (Å²) in [6.45, 7) is 0. The summed E-state index contributed by atoms with van der Waals surface area (Å²) in [6.07, 6.45) is 0. The van der Waals surface area contributed by atoms with Gasteiger partial charge in [-0.3, -0.25) is 14.9 Å². The SMILES string of the molecule is Cl.O=C(CBr)c1ccccc1[N+](=O)[O-]. The Morgan fingerprint density at radius 2 is 2.00 bits per heavy atom. The summed E-state index contributed by atoms with van der Waals surface area (Å²) in [7, 11) is 0. The van der Waals surface area contributed by atoms with Crippen LogP contribution in [0.5, 0.6) is 0 Å². The number of hydrogen-bond acceptors (Lipinski definition) is 3. The van der Waals surface area contributed by atoms with E-state index in [4.69, 9.17) is 0 Å². The van der Waals surface area contributed by atoms with E-state index in [-0.39, 0.29) is 34.8 Å². The fourth-order valence-electron chi connectivity index (χ4n) is 0.941. The molecular weight excluding hydrogens is 273 g/mol. The Labute approximate surface area is 95.0 Å². The zero-order valence-corrected chi connectivity index (χ0v) is 9.38. The van der Waals surface area contributed by atoms with Gasteiger partial charge in [0.05, 0.1) is 15.8 Å². The van der Waals surface area contributed by atoms with Crippen molar-refractivity contribution in [3.05, 3.63) is 39.9 Å². The third-order valence-electron chi connectivity index (χ3n) is 1.52. The van der Waals surface area contributed by atoms with Crippen LogP contribution in [-0.2, 0) is 0 Å². The molecule has 0 atom stereocenters. The molecule has 0 aliphatic carbocycles. The molecule has 0 N–H and O–H groups in total. The van der Waals surface area contributed by atoms with E-state index in [1.165, 1.54) is 18.2 Å². The molecule has 0 radical (unpaired) electrons. The molecule has 0 aliphatic heterocycles. The molecule has 0 aromatic heterocycles. The van der Waals surface area contributed by atoms with Crippen molar-refractivity contribution in [3.8, 4) is 0 Å². The molecule has 14 heavy (non-hydrogen) atoms. The standard InChI is InChI=1S/C8H6BrNO3.ClH/c9-5-8(11)6-3-1-2-4-7(6)10(12)13;/h1-4H,5H2;1H. The van der Waals surface area contributed by atoms with Crippen molar-refractivity contribution in [2.75, 3.05) is 5.33 Å². The Kier molecular flexibility index (Phi) is 5.34. The van der Waals surface area contributed by atoms with E-state index in [9.17, 15) is 14.9 Å². The Morgan fingerprint density at radius 1 is 1.43 bits per heavy atom. The van der Waals surface area contributed by atoms with E-state index in [2.05, 4.69) is 15.9 Å². The predicted octanol–water partition coefficient (Wildman–Crippen LogP) is 2.59. The van der Waals surface area contributed by atoms with Crippen LogP contribution in [0.3, 0.4) is 0 Å². The van der Waals surface area contributed by atoms with E-state index in [1.54, 1.807) is 6.07 Å². The molecule has 0 aliphatic rings. The maximum atomic E-state index is 11.2. The molecule has 6 heteroatoms. The maximum Gasteiger partial charge on any atom is 0.280 e. The Morgan fingerprint density at radius 3 is 2.50 bits per heavy atom. The third kappa shape index (κ3) is 2.78. The average molecular weight is 281 g/mol. The fraction of sp³-hybridized carbons (Fsp3) is 0.125. The summed E-state index contributed by atoms with van der Waals surface area (Å²) in [5.41, 5.74) is -0.00340. The van der Waals surface area contributed by atoms with Crippen LogP contribution in [-0.4, -0.2) is 16.0 Å². The van der Waals surface area contributed by atoms with Gasteiger partial charge >= 0.3 is 0 Å². The molecule has 0 saturated carbocycles. The Balaban J connectivity index is 0.00000169. The molecule has 0 bridgehead atoms. The number of Topliss-reactive ketones (excluding diaryl/α,β-unsaturated/α-hetero) is 1. The summed E-state index contributed by atoms with van der Waals surface area (Å²) in [5.74, 6) is -0.285. The van der Waals surface area contributed by atoms with Gasteiger partial charge in [0.1, 0.15) is 0 Å². The van der Waals surface area contributed by atoms with Crippen molar-refractivity contribution in [3.63, 3.8) is 0 Å². The first kappa shape index (κ1) is 13.1. The molecule has 0 fully saturated rings. The first-order chi connectivity index (χ1) is 6.16. The quantitative estimate of drug-likeness (QED) is 0.370. The van der Waals surface area contributed by atoms with Crippen molar-refractivity contribution in [2.45, 2.75) is 0 Å². The second-order valence-electron chi connectivity index (χ2n) is 2.33.